The number of hydrogen-bond donors (Lipinski definition) is 3. The number of likely N-dealkylation sites (tertiary alicyclic amines) is 1. The lowest BCUT2D eigenvalue weighted by Crippen LogP contribution is -2.48. The van der Waals surface area contributed by atoms with E-state index in [2.05, 4.69) is 10.1 Å². The maximum absolute atomic E-state index is 11.7. The third-order valence-electron chi connectivity index (χ3n) is 2.89. The maximum Gasteiger partial charge on any atom is 0.329 e. The number of nitrogens with one attached hydrogen (secondary N) is 1. The van der Waals surface area contributed by atoms with Gasteiger partial charge in [-0.25, -0.2) is 9.59 Å². The lowest BCUT2D eigenvalue weighted by molar-refractivity contribution is -0.143. The predicted molar refractivity (Wildman–Crippen MR) is 65.5 cm³/mol. The van der Waals surface area contributed by atoms with Crippen LogP contribution >= 0.6 is 0 Å². The van der Waals surface area contributed by atoms with Crippen LogP contribution in [0, 0.1) is 5.92 Å². The second-order valence-corrected chi connectivity index (χ2v) is 4.40. The van der Waals surface area contributed by atoms with Gasteiger partial charge in [-0.3, -0.25) is 14.9 Å². The van der Waals surface area contributed by atoms with Crippen molar-refractivity contribution < 1.29 is 29.0 Å². The summed E-state index contributed by atoms with van der Waals surface area (Å²) >= 11 is 0. The molecule has 0 atom stereocenters. The molecular formula is C11H17N3O6. The van der Waals surface area contributed by atoms with E-state index in [9.17, 15) is 19.2 Å². The molecule has 0 spiro atoms. The third-order valence-corrected chi connectivity index (χ3v) is 2.89. The Morgan fingerprint density at radius 3 is 2.30 bits per heavy atom. The highest BCUT2D eigenvalue weighted by atomic mass is 16.5. The van der Waals surface area contributed by atoms with Gasteiger partial charge >= 0.3 is 12.0 Å². The van der Waals surface area contributed by atoms with E-state index in [1.807, 2.05) is 0 Å². The van der Waals surface area contributed by atoms with Gasteiger partial charge in [-0.2, -0.15) is 0 Å². The van der Waals surface area contributed by atoms with Gasteiger partial charge in [0, 0.05) is 19.0 Å². The molecule has 0 aromatic heterocycles. The molecule has 1 aliphatic heterocycles. The summed E-state index contributed by atoms with van der Waals surface area (Å²) in [5, 5.41) is 10.4. The predicted octanol–water partition coefficient (Wildman–Crippen LogP) is -1.48. The van der Waals surface area contributed by atoms with Crippen molar-refractivity contribution in [1.82, 2.24) is 10.2 Å². The molecule has 0 radical (unpaired) electrons. The normalized spacial score (nSPS) is 15.7. The Bertz CT molecular complexity index is 403. The fourth-order valence-corrected chi connectivity index (χ4v) is 1.83. The first-order valence-corrected chi connectivity index (χ1v) is 6.07. The molecule has 1 heterocycles. The summed E-state index contributed by atoms with van der Waals surface area (Å²) in [7, 11) is 0. The second kappa shape index (κ2) is 7.43. The van der Waals surface area contributed by atoms with Crippen molar-refractivity contribution in [3.63, 3.8) is 0 Å². The number of carbonyl (C=O) groups is 4. The highest BCUT2D eigenvalue weighted by Crippen LogP contribution is 2.16. The standard InChI is InChI=1S/C11H17N3O6/c12-10(18)7-1-3-14(4-2-7)11(19)13-8(15)5-20-6-9(16)17/h7H,1-6H2,(H2,12,18)(H,16,17)(H,13,15,19). The van der Waals surface area contributed by atoms with Crippen LogP contribution in [0.15, 0.2) is 0 Å². The lowest BCUT2D eigenvalue weighted by atomic mass is 9.96. The quantitative estimate of drug-likeness (QED) is 0.563. The minimum absolute atomic E-state index is 0.242. The van der Waals surface area contributed by atoms with Gasteiger partial charge in [0.2, 0.25) is 5.91 Å². The molecule has 1 saturated heterocycles. The fraction of sp³-hybridized carbons (Fsp3) is 0.636. The Balaban J connectivity index is 2.28. The van der Waals surface area contributed by atoms with E-state index in [0.29, 0.717) is 25.9 Å². The molecule has 0 aromatic rings. The molecule has 112 valence electrons. The minimum atomic E-state index is -1.20. The Kier molecular flexibility index (Phi) is 5.91. The SMILES string of the molecule is NC(=O)C1CCN(C(=O)NC(=O)COCC(=O)O)CC1. The van der Waals surface area contributed by atoms with Gasteiger partial charge in [-0.1, -0.05) is 0 Å². The smallest absolute Gasteiger partial charge is 0.329 e. The number of carboxylic acids is 1. The van der Waals surface area contributed by atoms with E-state index in [-0.39, 0.29) is 11.8 Å². The van der Waals surface area contributed by atoms with Gasteiger partial charge in [0.25, 0.3) is 5.91 Å². The Morgan fingerprint density at radius 1 is 1.20 bits per heavy atom. The molecule has 20 heavy (non-hydrogen) atoms. The number of primary amides is 1. The fourth-order valence-electron chi connectivity index (χ4n) is 1.83. The van der Waals surface area contributed by atoms with Crippen molar-refractivity contribution in [2.75, 3.05) is 26.3 Å². The summed E-state index contributed by atoms with van der Waals surface area (Å²) < 4.78 is 4.55. The van der Waals surface area contributed by atoms with Gasteiger partial charge < -0.3 is 20.5 Å². The zero-order valence-corrected chi connectivity index (χ0v) is 10.8. The van der Waals surface area contributed by atoms with Crippen molar-refractivity contribution in [2.45, 2.75) is 12.8 Å². The number of amides is 4. The zero-order chi connectivity index (χ0) is 15.1. The number of imide groups is 1. The first kappa shape index (κ1) is 15.9. The number of aliphatic carboxylic acids is 1. The number of urea groups is 1. The summed E-state index contributed by atoms with van der Waals surface area (Å²) in [5.74, 6) is -2.54. The molecule has 0 bridgehead atoms. The molecule has 0 aromatic carbocycles. The van der Waals surface area contributed by atoms with Crippen molar-refractivity contribution in [3.05, 3.63) is 0 Å². The van der Waals surface area contributed by atoms with Gasteiger partial charge in [0.15, 0.2) is 0 Å². The molecule has 1 aliphatic rings. The molecule has 0 aliphatic carbocycles. The van der Waals surface area contributed by atoms with Crippen LogP contribution in [0.25, 0.3) is 0 Å². The summed E-state index contributed by atoms with van der Waals surface area (Å²) in [4.78, 5) is 45.5. The molecule has 9 nitrogen and oxygen atoms in total. The van der Waals surface area contributed by atoms with E-state index < -0.39 is 31.1 Å². The van der Waals surface area contributed by atoms with E-state index in [4.69, 9.17) is 10.8 Å². The Hall–Kier alpha value is -2.16. The highest BCUT2D eigenvalue weighted by Gasteiger charge is 2.26. The molecule has 1 rings (SSSR count). The first-order chi connectivity index (χ1) is 9.40. The second-order valence-electron chi connectivity index (χ2n) is 4.40. The van der Waals surface area contributed by atoms with Gasteiger partial charge in [0.05, 0.1) is 0 Å². The highest BCUT2D eigenvalue weighted by molar-refractivity contribution is 5.95. The maximum atomic E-state index is 11.7. The van der Waals surface area contributed by atoms with Crippen LogP contribution in [-0.4, -0.2) is 60.1 Å². The number of ether oxygens (including phenoxy) is 1. The topological polar surface area (TPSA) is 139 Å². The lowest BCUT2D eigenvalue weighted by Gasteiger charge is -2.30. The monoisotopic (exact) mass is 287 g/mol. The van der Waals surface area contributed by atoms with E-state index in [0.717, 1.165) is 0 Å². The largest absolute Gasteiger partial charge is 0.480 e. The molecule has 0 unspecified atom stereocenters. The van der Waals surface area contributed by atoms with Gasteiger partial charge in [0.1, 0.15) is 13.2 Å². The summed E-state index contributed by atoms with van der Waals surface area (Å²) in [6, 6.07) is -0.586. The van der Waals surface area contributed by atoms with Crippen LogP contribution in [0.2, 0.25) is 0 Å². The van der Waals surface area contributed by atoms with Crippen LogP contribution in [0.3, 0.4) is 0 Å². The first-order valence-electron chi connectivity index (χ1n) is 6.07. The van der Waals surface area contributed by atoms with E-state index in [1.54, 1.807) is 0 Å². The molecule has 9 heteroatoms. The minimum Gasteiger partial charge on any atom is -0.480 e. The van der Waals surface area contributed by atoms with Crippen LogP contribution in [0.5, 0.6) is 0 Å². The average Bonchev–Trinajstić information content (AvgIpc) is 2.38. The van der Waals surface area contributed by atoms with Crippen molar-refractivity contribution in [3.8, 4) is 0 Å². The number of piperidine rings is 1. The van der Waals surface area contributed by atoms with E-state index in [1.165, 1.54) is 4.90 Å². The number of carbonyl (C=O) groups excluding carboxylic acids is 3. The van der Waals surface area contributed by atoms with E-state index >= 15 is 0 Å². The Morgan fingerprint density at radius 2 is 1.80 bits per heavy atom. The Labute approximate surface area is 115 Å². The number of rotatable bonds is 5. The number of nitrogens with two attached hydrogens (primary N) is 1. The molecule has 4 amide bonds. The average molecular weight is 287 g/mol. The van der Waals surface area contributed by atoms with Crippen LogP contribution in [-0.2, 0) is 19.1 Å². The molecule has 1 fully saturated rings. The summed E-state index contributed by atoms with van der Waals surface area (Å²) in [5.41, 5.74) is 5.17. The van der Waals surface area contributed by atoms with Crippen molar-refractivity contribution >= 4 is 23.8 Å². The van der Waals surface area contributed by atoms with Crippen LogP contribution in [0.1, 0.15) is 12.8 Å². The van der Waals surface area contributed by atoms with Gasteiger partial charge in [-0.05, 0) is 12.8 Å². The molecule has 0 saturated carbocycles. The molecular weight excluding hydrogens is 270 g/mol. The van der Waals surface area contributed by atoms with Gasteiger partial charge in [-0.15, -0.1) is 0 Å². The number of nitrogens with zero attached hydrogens (tertiary/aromatic N) is 1. The van der Waals surface area contributed by atoms with Crippen LogP contribution < -0.4 is 11.1 Å². The number of carboxylic acid groups (broad SMARTS) is 1. The summed E-state index contributed by atoms with van der Waals surface area (Å²) in [6.45, 7) is -0.438. The third kappa shape index (κ3) is 5.22. The van der Waals surface area contributed by atoms with Crippen molar-refractivity contribution in [1.29, 1.82) is 0 Å². The zero-order valence-electron chi connectivity index (χ0n) is 10.8. The molecule has 4 N–H and O–H groups in total. The number of hydrogen-bond acceptors (Lipinski definition) is 5. The van der Waals surface area contributed by atoms with Crippen LogP contribution in [0.4, 0.5) is 4.79 Å². The summed E-state index contributed by atoms with van der Waals surface area (Å²) in [6.07, 6.45) is 0.929. The van der Waals surface area contributed by atoms with Crippen molar-refractivity contribution in [2.24, 2.45) is 11.7 Å².